The number of methoxy groups -OCH3 is 1. The number of esters is 1. The van der Waals surface area contributed by atoms with Crippen LogP contribution in [0.1, 0.15) is 6.42 Å². The van der Waals surface area contributed by atoms with Crippen LogP contribution in [0.25, 0.3) is 5.95 Å². The summed E-state index contributed by atoms with van der Waals surface area (Å²) in [5.74, 6) is 0.574. The number of ether oxygens (including phenoxy) is 1. The van der Waals surface area contributed by atoms with Crippen molar-refractivity contribution in [1.82, 2.24) is 29.7 Å². The Kier molecular flexibility index (Phi) is 4.23. The standard InChI is InChI=1S/C9H11N7O2S/c1-18-6(17)2-3-19-9-14-7(10)13-8(15-9)16-5-11-4-12-16/h4-5H,2-3H2,1H3,(H2,10,13,14,15). The van der Waals surface area contributed by atoms with Gasteiger partial charge in [0.25, 0.3) is 5.95 Å². The van der Waals surface area contributed by atoms with Crippen molar-refractivity contribution in [2.45, 2.75) is 11.6 Å². The minimum atomic E-state index is -0.286. The van der Waals surface area contributed by atoms with E-state index in [0.29, 0.717) is 10.9 Å². The Hall–Kier alpha value is -2.23. The molecule has 0 bridgehead atoms. The molecule has 2 aromatic heterocycles. The summed E-state index contributed by atoms with van der Waals surface area (Å²) in [6.07, 6.45) is 3.09. The number of aromatic nitrogens is 6. The van der Waals surface area contributed by atoms with E-state index in [1.807, 2.05) is 0 Å². The highest BCUT2D eigenvalue weighted by atomic mass is 32.2. The van der Waals surface area contributed by atoms with E-state index in [1.165, 1.54) is 36.2 Å². The van der Waals surface area contributed by atoms with E-state index in [4.69, 9.17) is 5.73 Å². The van der Waals surface area contributed by atoms with Crippen LogP contribution in [0, 0.1) is 0 Å². The van der Waals surface area contributed by atoms with Crippen LogP contribution in [0.3, 0.4) is 0 Å². The van der Waals surface area contributed by atoms with Gasteiger partial charge in [0.1, 0.15) is 12.7 Å². The van der Waals surface area contributed by atoms with E-state index in [0.717, 1.165) is 0 Å². The van der Waals surface area contributed by atoms with Crippen LogP contribution in [0.2, 0.25) is 0 Å². The topological polar surface area (TPSA) is 122 Å². The van der Waals surface area contributed by atoms with Crippen LogP contribution in [0.5, 0.6) is 0 Å². The van der Waals surface area contributed by atoms with Gasteiger partial charge in [-0.1, -0.05) is 11.8 Å². The molecule has 10 heteroatoms. The van der Waals surface area contributed by atoms with Crippen LogP contribution < -0.4 is 5.73 Å². The van der Waals surface area contributed by atoms with Gasteiger partial charge in [0, 0.05) is 5.75 Å². The van der Waals surface area contributed by atoms with E-state index < -0.39 is 0 Å². The number of rotatable bonds is 5. The molecule has 0 radical (unpaired) electrons. The molecule has 0 aliphatic heterocycles. The molecule has 19 heavy (non-hydrogen) atoms. The lowest BCUT2D eigenvalue weighted by atomic mass is 10.5. The summed E-state index contributed by atoms with van der Waals surface area (Å²) in [6, 6.07) is 0. The zero-order valence-corrected chi connectivity index (χ0v) is 10.9. The SMILES string of the molecule is COC(=O)CCSc1nc(N)nc(-n2cncn2)n1. The van der Waals surface area contributed by atoms with Gasteiger partial charge >= 0.3 is 5.97 Å². The Labute approximate surface area is 112 Å². The van der Waals surface area contributed by atoms with Gasteiger partial charge in [-0.15, -0.1) is 0 Å². The predicted molar refractivity (Wildman–Crippen MR) is 66.5 cm³/mol. The summed E-state index contributed by atoms with van der Waals surface area (Å²) in [6.45, 7) is 0. The lowest BCUT2D eigenvalue weighted by Gasteiger charge is -2.03. The second-order valence-corrected chi connectivity index (χ2v) is 4.35. The molecule has 2 aromatic rings. The fourth-order valence-corrected chi connectivity index (χ4v) is 1.92. The fourth-order valence-electron chi connectivity index (χ4n) is 1.17. The molecule has 0 atom stereocenters. The molecule has 0 saturated heterocycles. The number of hydrogen-bond acceptors (Lipinski definition) is 9. The highest BCUT2D eigenvalue weighted by Gasteiger charge is 2.08. The third-order valence-electron chi connectivity index (χ3n) is 2.01. The van der Waals surface area contributed by atoms with Crippen LogP contribution in [-0.4, -0.2) is 48.5 Å². The van der Waals surface area contributed by atoms with Gasteiger partial charge in [0.05, 0.1) is 13.5 Å². The summed E-state index contributed by atoms with van der Waals surface area (Å²) in [4.78, 5) is 26.9. The van der Waals surface area contributed by atoms with Crippen molar-refractivity contribution in [3.63, 3.8) is 0 Å². The predicted octanol–water partition coefficient (Wildman–Crippen LogP) is -0.310. The Morgan fingerprint density at radius 1 is 1.47 bits per heavy atom. The number of nitrogens with two attached hydrogens (primary N) is 1. The minimum Gasteiger partial charge on any atom is -0.469 e. The van der Waals surface area contributed by atoms with Crippen molar-refractivity contribution >= 4 is 23.7 Å². The van der Waals surface area contributed by atoms with E-state index >= 15 is 0 Å². The van der Waals surface area contributed by atoms with Gasteiger partial charge in [0.15, 0.2) is 5.16 Å². The molecule has 0 amide bonds. The average Bonchev–Trinajstić information content (AvgIpc) is 2.91. The van der Waals surface area contributed by atoms with Crippen molar-refractivity contribution in [2.24, 2.45) is 0 Å². The Balaban J connectivity index is 2.07. The summed E-state index contributed by atoms with van der Waals surface area (Å²) >= 11 is 1.29. The van der Waals surface area contributed by atoms with Crippen molar-refractivity contribution in [2.75, 3.05) is 18.6 Å². The Morgan fingerprint density at radius 3 is 3.00 bits per heavy atom. The van der Waals surface area contributed by atoms with Gasteiger partial charge in [-0.25, -0.2) is 4.98 Å². The first-order chi connectivity index (χ1) is 9.19. The Morgan fingerprint density at radius 2 is 2.32 bits per heavy atom. The Bertz CT molecular complexity index is 560. The number of thioether (sulfide) groups is 1. The molecule has 0 fully saturated rings. The van der Waals surface area contributed by atoms with E-state index in [2.05, 4.69) is 29.8 Å². The average molecular weight is 281 g/mol. The van der Waals surface area contributed by atoms with E-state index in [9.17, 15) is 4.79 Å². The molecule has 0 saturated carbocycles. The number of nitrogen functional groups attached to an aromatic ring is 1. The lowest BCUT2D eigenvalue weighted by molar-refractivity contribution is -0.140. The quantitative estimate of drug-likeness (QED) is 0.580. The highest BCUT2D eigenvalue weighted by Crippen LogP contribution is 2.15. The number of nitrogens with zero attached hydrogens (tertiary/aromatic N) is 6. The summed E-state index contributed by atoms with van der Waals surface area (Å²) in [5, 5.41) is 4.32. The van der Waals surface area contributed by atoms with Crippen LogP contribution in [0.4, 0.5) is 5.95 Å². The maximum absolute atomic E-state index is 11.0. The third-order valence-corrected chi connectivity index (χ3v) is 2.86. The number of carbonyl (C=O) groups is 1. The molecule has 0 aromatic carbocycles. The summed E-state index contributed by atoms with van der Waals surface area (Å²) in [5.41, 5.74) is 5.59. The van der Waals surface area contributed by atoms with E-state index in [-0.39, 0.29) is 24.3 Å². The normalized spacial score (nSPS) is 10.4. The largest absolute Gasteiger partial charge is 0.469 e. The van der Waals surface area contributed by atoms with Crippen molar-refractivity contribution in [3.05, 3.63) is 12.7 Å². The molecule has 0 aliphatic carbocycles. The van der Waals surface area contributed by atoms with Gasteiger partial charge in [-0.3, -0.25) is 4.79 Å². The summed E-state index contributed by atoms with van der Waals surface area (Å²) < 4.78 is 5.92. The monoisotopic (exact) mass is 281 g/mol. The summed E-state index contributed by atoms with van der Waals surface area (Å²) in [7, 11) is 1.34. The fraction of sp³-hybridized carbons (Fsp3) is 0.333. The van der Waals surface area contributed by atoms with E-state index in [1.54, 1.807) is 0 Å². The van der Waals surface area contributed by atoms with Crippen molar-refractivity contribution < 1.29 is 9.53 Å². The first-order valence-electron chi connectivity index (χ1n) is 5.25. The maximum atomic E-state index is 11.0. The third kappa shape index (κ3) is 3.61. The number of anilines is 1. The second-order valence-electron chi connectivity index (χ2n) is 3.29. The molecule has 0 aliphatic rings. The molecular formula is C9H11N7O2S. The van der Waals surface area contributed by atoms with Crippen LogP contribution >= 0.6 is 11.8 Å². The molecule has 0 spiro atoms. The molecule has 2 N–H and O–H groups in total. The first-order valence-corrected chi connectivity index (χ1v) is 6.24. The number of hydrogen-bond donors (Lipinski definition) is 1. The molecule has 2 heterocycles. The maximum Gasteiger partial charge on any atom is 0.306 e. The lowest BCUT2D eigenvalue weighted by Crippen LogP contribution is -2.08. The first kappa shape index (κ1) is 13.2. The van der Waals surface area contributed by atoms with Gasteiger partial charge in [-0.2, -0.15) is 24.7 Å². The van der Waals surface area contributed by atoms with Crippen molar-refractivity contribution in [3.8, 4) is 5.95 Å². The van der Waals surface area contributed by atoms with Gasteiger partial charge < -0.3 is 10.5 Å². The second kappa shape index (κ2) is 6.09. The molecule has 2 rings (SSSR count). The smallest absolute Gasteiger partial charge is 0.306 e. The van der Waals surface area contributed by atoms with Gasteiger partial charge in [0.2, 0.25) is 5.95 Å². The van der Waals surface area contributed by atoms with Gasteiger partial charge in [-0.05, 0) is 0 Å². The highest BCUT2D eigenvalue weighted by molar-refractivity contribution is 7.99. The zero-order valence-electron chi connectivity index (χ0n) is 10.1. The molecule has 100 valence electrons. The van der Waals surface area contributed by atoms with Crippen LogP contribution in [-0.2, 0) is 9.53 Å². The number of carbonyl (C=O) groups excluding carboxylic acids is 1. The molecule has 9 nitrogen and oxygen atoms in total. The van der Waals surface area contributed by atoms with Crippen LogP contribution in [0.15, 0.2) is 17.8 Å². The minimum absolute atomic E-state index is 0.0843. The van der Waals surface area contributed by atoms with Crippen molar-refractivity contribution in [1.29, 1.82) is 0 Å². The molecular weight excluding hydrogens is 270 g/mol. The zero-order chi connectivity index (χ0) is 13.7. The molecule has 0 unspecified atom stereocenters.